The molecule has 0 aromatic rings. The van der Waals surface area contributed by atoms with Gasteiger partial charge in [-0.2, -0.15) is 0 Å². The maximum Gasteiger partial charge on any atom is 0.309 e. The van der Waals surface area contributed by atoms with E-state index in [0.717, 1.165) is 6.42 Å². The molecule has 0 unspecified atom stereocenters. The molecule has 3 heteroatoms. The van der Waals surface area contributed by atoms with E-state index in [-0.39, 0.29) is 24.0 Å². The van der Waals surface area contributed by atoms with Crippen molar-refractivity contribution < 1.29 is 9.53 Å². The molecule has 2 N–H and O–H groups in total. The third kappa shape index (κ3) is 1.78. The Morgan fingerprint density at radius 2 is 2.17 bits per heavy atom. The Labute approximate surface area is 73.3 Å². The van der Waals surface area contributed by atoms with Gasteiger partial charge in [0.2, 0.25) is 0 Å². The molecule has 1 aliphatic rings. The van der Waals surface area contributed by atoms with Crippen LogP contribution in [0, 0.1) is 11.8 Å². The van der Waals surface area contributed by atoms with Crippen molar-refractivity contribution in [1.82, 2.24) is 0 Å². The predicted octanol–water partition coefficient (Wildman–Crippen LogP) is 0.921. The first-order chi connectivity index (χ1) is 5.52. The maximum atomic E-state index is 11.0. The van der Waals surface area contributed by atoms with Crippen molar-refractivity contribution in [2.75, 3.05) is 0 Å². The zero-order valence-electron chi connectivity index (χ0n) is 7.91. The summed E-state index contributed by atoms with van der Waals surface area (Å²) in [5.41, 5.74) is 5.87. The van der Waals surface area contributed by atoms with Crippen molar-refractivity contribution in [3.05, 3.63) is 0 Å². The molecule has 0 spiro atoms. The fourth-order valence-corrected chi connectivity index (χ4v) is 1.42. The van der Waals surface area contributed by atoms with Gasteiger partial charge in [0, 0.05) is 6.04 Å². The lowest BCUT2D eigenvalue weighted by molar-refractivity contribution is -0.144. The van der Waals surface area contributed by atoms with Crippen LogP contribution < -0.4 is 5.73 Å². The van der Waals surface area contributed by atoms with Gasteiger partial charge < -0.3 is 10.5 Å². The van der Waals surface area contributed by atoms with Crippen LogP contribution in [0.4, 0.5) is 0 Å². The van der Waals surface area contributed by atoms with Gasteiger partial charge in [-0.05, 0) is 12.3 Å². The molecular weight excluding hydrogens is 154 g/mol. The van der Waals surface area contributed by atoms with Gasteiger partial charge in [-0.3, -0.25) is 4.79 Å². The van der Waals surface area contributed by atoms with E-state index in [9.17, 15) is 4.79 Å². The molecule has 1 heterocycles. The average Bonchev–Trinajstić information content (AvgIpc) is 2.30. The van der Waals surface area contributed by atoms with E-state index in [2.05, 4.69) is 0 Å². The summed E-state index contributed by atoms with van der Waals surface area (Å²) in [5.74, 6) is 0.295. The highest BCUT2D eigenvalue weighted by atomic mass is 16.6. The zero-order valence-corrected chi connectivity index (χ0v) is 7.91. The third-order valence-electron chi connectivity index (χ3n) is 2.45. The molecule has 0 aromatic heterocycles. The Morgan fingerprint density at radius 3 is 2.50 bits per heavy atom. The zero-order chi connectivity index (χ0) is 9.30. The fraction of sp³-hybridized carbons (Fsp3) is 0.889. The van der Waals surface area contributed by atoms with Crippen molar-refractivity contribution in [3.8, 4) is 0 Å². The lowest BCUT2D eigenvalue weighted by Crippen LogP contribution is -2.38. The van der Waals surface area contributed by atoms with E-state index in [1.54, 1.807) is 0 Å². The minimum Gasteiger partial charge on any atom is -0.460 e. The van der Waals surface area contributed by atoms with Gasteiger partial charge in [0.05, 0.1) is 5.92 Å². The third-order valence-corrected chi connectivity index (χ3v) is 2.45. The van der Waals surface area contributed by atoms with Crippen LogP contribution in [0.5, 0.6) is 0 Å². The topological polar surface area (TPSA) is 52.3 Å². The highest BCUT2D eigenvalue weighted by molar-refractivity contribution is 5.74. The predicted molar refractivity (Wildman–Crippen MR) is 46.5 cm³/mol. The van der Waals surface area contributed by atoms with Crippen LogP contribution >= 0.6 is 0 Å². The summed E-state index contributed by atoms with van der Waals surface area (Å²) in [5, 5.41) is 0. The van der Waals surface area contributed by atoms with Crippen molar-refractivity contribution in [2.24, 2.45) is 17.6 Å². The van der Waals surface area contributed by atoms with E-state index in [1.165, 1.54) is 0 Å². The molecule has 1 saturated heterocycles. The van der Waals surface area contributed by atoms with Crippen LogP contribution in [0.25, 0.3) is 0 Å². The second-order valence-electron chi connectivity index (χ2n) is 3.93. The first-order valence-corrected chi connectivity index (χ1v) is 4.48. The summed E-state index contributed by atoms with van der Waals surface area (Å²) in [6, 6.07) is -0.0149. The average molecular weight is 171 g/mol. The van der Waals surface area contributed by atoms with Crippen molar-refractivity contribution in [1.29, 1.82) is 0 Å². The van der Waals surface area contributed by atoms with E-state index < -0.39 is 0 Å². The summed E-state index contributed by atoms with van der Waals surface area (Å²) in [6.07, 6.45) is 0.713. The Kier molecular flexibility index (Phi) is 2.73. The second kappa shape index (κ2) is 3.44. The smallest absolute Gasteiger partial charge is 0.309 e. The van der Waals surface area contributed by atoms with Crippen molar-refractivity contribution in [2.45, 2.75) is 39.3 Å². The summed E-state index contributed by atoms with van der Waals surface area (Å²) in [6.45, 7) is 5.97. The van der Waals surface area contributed by atoms with Crippen LogP contribution in [0.15, 0.2) is 0 Å². The monoisotopic (exact) mass is 171 g/mol. The lowest BCUT2D eigenvalue weighted by Gasteiger charge is -2.21. The molecule has 0 aromatic carbocycles. The molecule has 0 aliphatic carbocycles. The van der Waals surface area contributed by atoms with Gasteiger partial charge >= 0.3 is 5.97 Å². The van der Waals surface area contributed by atoms with E-state index in [0.29, 0.717) is 5.92 Å². The SMILES string of the molecule is CC(C)[C@H](N)[C@H]1C[C@@H](C)C(=O)O1. The Hall–Kier alpha value is -0.570. The Morgan fingerprint density at radius 1 is 1.58 bits per heavy atom. The number of hydrogen-bond acceptors (Lipinski definition) is 3. The molecule has 3 nitrogen and oxygen atoms in total. The molecule has 1 aliphatic heterocycles. The summed E-state index contributed by atoms with van der Waals surface area (Å²) >= 11 is 0. The molecule has 0 radical (unpaired) electrons. The maximum absolute atomic E-state index is 11.0. The minimum absolute atomic E-state index is 0.0149. The molecule has 12 heavy (non-hydrogen) atoms. The minimum atomic E-state index is -0.101. The highest BCUT2D eigenvalue weighted by Gasteiger charge is 2.35. The largest absolute Gasteiger partial charge is 0.460 e. The lowest BCUT2D eigenvalue weighted by atomic mass is 9.95. The normalized spacial score (nSPS) is 32.2. The van der Waals surface area contributed by atoms with E-state index in [1.807, 2.05) is 20.8 Å². The fourth-order valence-electron chi connectivity index (χ4n) is 1.42. The van der Waals surface area contributed by atoms with E-state index >= 15 is 0 Å². The first kappa shape index (κ1) is 9.52. The second-order valence-corrected chi connectivity index (χ2v) is 3.93. The molecule has 1 rings (SSSR count). The number of nitrogens with two attached hydrogens (primary N) is 1. The Balaban J connectivity index is 2.51. The molecule has 0 saturated carbocycles. The number of ether oxygens (including phenoxy) is 1. The van der Waals surface area contributed by atoms with Crippen LogP contribution in [0.2, 0.25) is 0 Å². The van der Waals surface area contributed by atoms with Gasteiger partial charge in [-0.25, -0.2) is 0 Å². The van der Waals surface area contributed by atoms with Crippen molar-refractivity contribution in [3.63, 3.8) is 0 Å². The number of rotatable bonds is 2. The standard InChI is InChI=1S/C9H17NO2/c1-5(2)8(10)7-4-6(3)9(11)12-7/h5-8H,4,10H2,1-3H3/t6-,7-,8+/m1/s1. The summed E-state index contributed by atoms with van der Waals surface area (Å²) in [7, 11) is 0. The summed E-state index contributed by atoms with van der Waals surface area (Å²) < 4.78 is 5.13. The molecule has 3 atom stereocenters. The number of carbonyl (C=O) groups is 1. The molecule has 0 bridgehead atoms. The number of cyclic esters (lactones) is 1. The van der Waals surface area contributed by atoms with Crippen LogP contribution in [-0.4, -0.2) is 18.1 Å². The first-order valence-electron chi connectivity index (χ1n) is 4.48. The number of esters is 1. The van der Waals surface area contributed by atoms with E-state index in [4.69, 9.17) is 10.5 Å². The Bertz CT molecular complexity index is 179. The number of carbonyl (C=O) groups excluding carboxylic acids is 1. The van der Waals surface area contributed by atoms with Gasteiger partial charge in [0.1, 0.15) is 6.10 Å². The van der Waals surface area contributed by atoms with Gasteiger partial charge in [-0.1, -0.05) is 20.8 Å². The highest BCUT2D eigenvalue weighted by Crippen LogP contribution is 2.24. The quantitative estimate of drug-likeness (QED) is 0.628. The molecule has 70 valence electrons. The molecule has 0 amide bonds. The van der Waals surface area contributed by atoms with Crippen LogP contribution in [0.1, 0.15) is 27.2 Å². The van der Waals surface area contributed by atoms with Gasteiger partial charge in [0.25, 0.3) is 0 Å². The van der Waals surface area contributed by atoms with Crippen LogP contribution in [0.3, 0.4) is 0 Å². The summed E-state index contributed by atoms with van der Waals surface area (Å²) in [4.78, 5) is 11.0. The molecular formula is C9H17NO2. The van der Waals surface area contributed by atoms with Gasteiger partial charge in [0.15, 0.2) is 0 Å². The van der Waals surface area contributed by atoms with Crippen molar-refractivity contribution >= 4 is 5.97 Å². The van der Waals surface area contributed by atoms with Gasteiger partial charge in [-0.15, -0.1) is 0 Å². The number of hydrogen-bond donors (Lipinski definition) is 1. The van der Waals surface area contributed by atoms with Crippen LogP contribution in [-0.2, 0) is 9.53 Å². The molecule has 1 fully saturated rings.